The smallest absolute Gasteiger partial charge is 0.256 e. The Labute approximate surface area is 182 Å². The average molecular weight is 411 g/mol. The minimum Gasteiger partial charge on any atom is -0.497 e. The maximum absolute atomic E-state index is 13.5. The molecule has 31 heavy (non-hydrogen) atoms. The molecule has 0 fully saturated rings. The van der Waals surface area contributed by atoms with E-state index in [0.717, 1.165) is 55.9 Å². The van der Waals surface area contributed by atoms with E-state index in [1.807, 2.05) is 82.3 Å². The summed E-state index contributed by atoms with van der Waals surface area (Å²) in [5.41, 5.74) is 8.22. The summed E-state index contributed by atoms with van der Waals surface area (Å²) >= 11 is 0. The minimum absolute atomic E-state index is 0.135. The molecule has 0 aliphatic rings. The number of hydrogen-bond acceptors (Lipinski definition) is 3. The molecule has 0 atom stereocenters. The first kappa shape index (κ1) is 20.6. The molecule has 3 aromatic carbocycles. The van der Waals surface area contributed by atoms with Gasteiger partial charge in [-0.1, -0.05) is 29.8 Å². The summed E-state index contributed by atoms with van der Waals surface area (Å²) in [7, 11) is 1.64. The van der Waals surface area contributed by atoms with Crippen LogP contribution >= 0.6 is 0 Å². The van der Waals surface area contributed by atoms with Crippen LogP contribution in [0.1, 0.15) is 32.6 Å². The van der Waals surface area contributed by atoms with Gasteiger partial charge in [-0.05, 0) is 80.8 Å². The number of pyridine rings is 1. The van der Waals surface area contributed by atoms with E-state index in [9.17, 15) is 4.79 Å². The summed E-state index contributed by atoms with van der Waals surface area (Å²) in [6.07, 6.45) is 0. The molecule has 0 spiro atoms. The van der Waals surface area contributed by atoms with Gasteiger partial charge in [0.15, 0.2) is 0 Å². The summed E-state index contributed by atoms with van der Waals surface area (Å²) in [5, 5.41) is 4.00. The summed E-state index contributed by atoms with van der Waals surface area (Å²) in [6, 6.07) is 19.7. The van der Waals surface area contributed by atoms with Gasteiger partial charge < -0.3 is 10.1 Å². The van der Waals surface area contributed by atoms with Crippen LogP contribution in [0.3, 0.4) is 0 Å². The summed E-state index contributed by atoms with van der Waals surface area (Å²) in [5.74, 6) is 0.647. The third kappa shape index (κ3) is 4.02. The van der Waals surface area contributed by atoms with Crippen LogP contribution in [0, 0.1) is 27.7 Å². The van der Waals surface area contributed by atoms with Crippen LogP contribution in [-0.2, 0) is 0 Å². The third-order valence-corrected chi connectivity index (χ3v) is 5.60. The lowest BCUT2D eigenvalue weighted by Crippen LogP contribution is -2.15. The number of anilines is 1. The van der Waals surface area contributed by atoms with Crippen LogP contribution in [0.5, 0.6) is 5.75 Å². The van der Waals surface area contributed by atoms with Crippen molar-refractivity contribution in [1.82, 2.24) is 4.98 Å². The van der Waals surface area contributed by atoms with E-state index in [1.165, 1.54) is 0 Å². The molecule has 0 unspecified atom stereocenters. The van der Waals surface area contributed by atoms with Gasteiger partial charge in [-0.3, -0.25) is 4.79 Å². The van der Waals surface area contributed by atoms with Gasteiger partial charge in [-0.2, -0.15) is 0 Å². The first-order valence-electron chi connectivity index (χ1n) is 10.3. The van der Waals surface area contributed by atoms with E-state index in [1.54, 1.807) is 7.11 Å². The molecule has 0 saturated carbocycles. The average Bonchev–Trinajstić information content (AvgIpc) is 2.75. The number of amides is 1. The molecule has 0 bridgehead atoms. The second kappa shape index (κ2) is 8.23. The maximum atomic E-state index is 13.5. The van der Waals surface area contributed by atoms with Crippen molar-refractivity contribution in [3.8, 4) is 17.0 Å². The Morgan fingerprint density at radius 1 is 0.871 bits per heavy atom. The fourth-order valence-corrected chi connectivity index (χ4v) is 3.97. The first-order chi connectivity index (χ1) is 14.9. The third-order valence-electron chi connectivity index (χ3n) is 5.60. The molecule has 1 aromatic heterocycles. The molecule has 1 amide bonds. The molecule has 1 heterocycles. The number of rotatable bonds is 4. The number of hydrogen-bond donors (Lipinski definition) is 1. The molecular formula is C27H26N2O2. The number of carbonyl (C=O) groups excluding carboxylic acids is 1. The molecule has 156 valence electrons. The number of methoxy groups -OCH3 is 1. The normalized spacial score (nSPS) is 10.9. The van der Waals surface area contributed by atoms with E-state index >= 15 is 0 Å². The molecule has 4 nitrogen and oxygen atoms in total. The van der Waals surface area contributed by atoms with Crippen molar-refractivity contribution in [2.24, 2.45) is 0 Å². The van der Waals surface area contributed by atoms with E-state index < -0.39 is 0 Å². The Hall–Kier alpha value is -3.66. The molecule has 0 aliphatic carbocycles. The van der Waals surface area contributed by atoms with Gasteiger partial charge >= 0.3 is 0 Å². The van der Waals surface area contributed by atoms with Gasteiger partial charge in [0.25, 0.3) is 5.91 Å². The predicted octanol–water partition coefficient (Wildman–Crippen LogP) is 6.40. The molecular weight excluding hydrogens is 384 g/mol. The van der Waals surface area contributed by atoms with Crippen molar-refractivity contribution >= 4 is 22.5 Å². The monoisotopic (exact) mass is 410 g/mol. The van der Waals surface area contributed by atoms with E-state index in [4.69, 9.17) is 9.72 Å². The van der Waals surface area contributed by atoms with Crippen LogP contribution in [0.15, 0.2) is 60.7 Å². The number of para-hydroxylation sites is 1. The Kier molecular flexibility index (Phi) is 5.47. The number of benzene rings is 3. The zero-order valence-corrected chi connectivity index (χ0v) is 18.5. The zero-order valence-electron chi connectivity index (χ0n) is 18.5. The van der Waals surface area contributed by atoms with Gasteiger partial charge in [-0.25, -0.2) is 4.98 Å². The largest absolute Gasteiger partial charge is 0.497 e. The fraction of sp³-hybridized carbons (Fsp3) is 0.185. The van der Waals surface area contributed by atoms with Crippen molar-refractivity contribution in [2.45, 2.75) is 27.7 Å². The van der Waals surface area contributed by atoms with Crippen LogP contribution in [-0.4, -0.2) is 18.0 Å². The second-order valence-corrected chi connectivity index (χ2v) is 7.98. The standard InChI is InChI=1S/C27H26N2O2/c1-16-13-19(4)26-22(14-16)23(27(30)29-25-17(2)7-6-8-18(25)3)15-24(28-26)20-9-11-21(31-5)12-10-20/h6-15H,1-5H3,(H,29,30). The molecule has 1 N–H and O–H groups in total. The van der Waals surface area contributed by atoms with E-state index in [-0.39, 0.29) is 5.91 Å². The Bertz CT molecular complexity index is 1270. The van der Waals surface area contributed by atoms with E-state index in [2.05, 4.69) is 11.4 Å². The lowest BCUT2D eigenvalue weighted by Gasteiger charge is -2.15. The summed E-state index contributed by atoms with van der Waals surface area (Å²) in [6.45, 7) is 8.08. The highest BCUT2D eigenvalue weighted by atomic mass is 16.5. The fourth-order valence-electron chi connectivity index (χ4n) is 3.97. The van der Waals surface area contributed by atoms with Gasteiger partial charge in [0.05, 0.1) is 23.9 Å². The maximum Gasteiger partial charge on any atom is 0.256 e. The van der Waals surface area contributed by atoms with Crippen LogP contribution in [0.4, 0.5) is 5.69 Å². The zero-order chi connectivity index (χ0) is 22.1. The molecule has 0 aliphatic heterocycles. The predicted molar refractivity (Wildman–Crippen MR) is 127 cm³/mol. The molecule has 4 rings (SSSR count). The highest BCUT2D eigenvalue weighted by Crippen LogP contribution is 2.30. The topological polar surface area (TPSA) is 51.2 Å². The van der Waals surface area contributed by atoms with Crippen LogP contribution < -0.4 is 10.1 Å². The van der Waals surface area contributed by atoms with Crippen LogP contribution in [0.2, 0.25) is 0 Å². The highest BCUT2D eigenvalue weighted by Gasteiger charge is 2.17. The van der Waals surface area contributed by atoms with Gasteiger partial charge in [0.2, 0.25) is 0 Å². The number of ether oxygens (including phenoxy) is 1. The van der Waals surface area contributed by atoms with Crippen molar-refractivity contribution in [2.75, 3.05) is 12.4 Å². The first-order valence-corrected chi connectivity index (χ1v) is 10.3. The number of nitrogens with one attached hydrogen (secondary N) is 1. The number of aryl methyl sites for hydroxylation is 4. The molecule has 0 radical (unpaired) electrons. The van der Waals surface area contributed by atoms with Gasteiger partial charge in [-0.15, -0.1) is 0 Å². The quantitative estimate of drug-likeness (QED) is 0.424. The number of carbonyl (C=O) groups is 1. The molecule has 4 heteroatoms. The van der Waals surface area contributed by atoms with Crippen molar-refractivity contribution in [1.29, 1.82) is 0 Å². The SMILES string of the molecule is COc1ccc(-c2cc(C(=O)Nc3c(C)cccc3C)c3cc(C)cc(C)c3n2)cc1. The lowest BCUT2D eigenvalue weighted by molar-refractivity contribution is 0.102. The summed E-state index contributed by atoms with van der Waals surface area (Å²) in [4.78, 5) is 18.4. The minimum atomic E-state index is -0.135. The van der Waals surface area contributed by atoms with Crippen molar-refractivity contribution < 1.29 is 9.53 Å². The highest BCUT2D eigenvalue weighted by molar-refractivity contribution is 6.14. The Balaban J connectivity index is 1.88. The Morgan fingerprint density at radius 2 is 1.55 bits per heavy atom. The van der Waals surface area contributed by atoms with E-state index in [0.29, 0.717) is 5.56 Å². The summed E-state index contributed by atoms with van der Waals surface area (Å²) < 4.78 is 5.27. The number of nitrogens with zero attached hydrogens (tertiary/aromatic N) is 1. The van der Waals surface area contributed by atoms with Crippen molar-refractivity contribution in [3.63, 3.8) is 0 Å². The Morgan fingerprint density at radius 3 is 2.19 bits per heavy atom. The van der Waals surface area contributed by atoms with Crippen LogP contribution in [0.25, 0.3) is 22.2 Å². The van der Waals surface area contributed by atoms with Gasteiger partial charge in [0.1, 0.15) is 5.75 Å². The second-order valence-electron chi connectivity index (χ2n) is 7.98. The number of aromatic nitrogens is 1. The van der Waals surface area contributed by atoms with Crippen molar-refractivity contribution in [3.05, 3.63) is 88.5 Å². The number of fused-ring (bicyclic) bond motifs is 1. The molecule has 4 aromatic rings. The molecule has 0 saturated heterocycles. The lowest BCUT2D eigenvalue weighted by atomic mass is 9.99. The van der Waals surface area contributed by atoms with Gasteiger partial charge in [0, 0.05) is 16.6 Å².